The normalized spacial score (nSPS) is 9.83. The molecular weight excluding hydrogens is 299 g/mol. The summed E-state index contributed by atoms with van der Waals surface area (Å²) in [6.45, 7) is 0. The SMILES string of the molecule is N#Cc1ccc(Oc2cc(Br)ccc2F)c(N)c1. The van der Waals surface area contributed by atoms with E-state index in [9.17, 15) is 4.39 Å². The monoisotopic (exact) mass is 306 g/mol. The third-order valence-corrected chi connectivity index (χ3v) is 2.75. The molecule has 0 aliphatic carbocycles. The maximum Gasteiger partial charge on any atom is 0.165 e. The quantitative estimate of drug-likeness (QED) is 0.858. The number of halogens is 2. The molecule has 2 rings (SSSR count). The van der Waals surface area contributed by atoms with Gasteiger partial charge in [-0.15, -0.1) is 0 Å². The van der Waals surface area contributed by atoms with Crippen LogP contribution < -0.4 is 10.5 Å². The molecule has 0 spiro atoms. The van der Waals surface area contributed by atoms with E-state index in [1.165, 1.54) is 24.3 Å². The van der Waals surface area contributed by atoms with Crippen LogP contribution in [0.3, 0.4) is 0 Å². The summed E-state index contributed by atoms with van der Waals surface area (Å²) in [5.41, 5.74) is 6.43. The van der Waals surface area contributed by atoms with Crippen molar-refractivity contribution in [1.29, 1.82) is 5.26 Å². The lowest BCUT2D eigenvalue weighted by atomic mass is 10.2. The van der Waals surface area contributed by atoms with Gasteiger partial charge in [-0.05, 0) is 36.4 Å². The molecule has 0 aliphatic rings. The molecule has 2 aromatic carbocycles. The van der Waals surface area contributed by atoms with Crippen LogP contribution in [0.2, 0.25) is 0 Å². The Morgan fingerprint density at radius 3 is 2.61 bits per heavy atom. The zero-order chi connectivity index (χ0) is 13.1. The van der Waals surface area contributed by atoms with Crippen LogP contribution >= 0.6 is 15.9 Å². The van der Waals surface area contributed by atoms with E-state index in [2.05, 4.69) is 15.9 Å². The Bertz CT molecular complexity index is 637. The molecule has 0 heterocycles. The Balaban J connectivity index is 2.34. The summed E-state index contributed by atoms with van der Waals surface area (Å²) in [4.78, 5) is 0. The molecule has 0 radical (unpaired) electrons. The van der Waals surface area contributed by atoms with Gasteiger partial charge in [-0.1, -0.05) is 15.9 Å². The Morgan fingerprint density at radius 2 is 1.94 bits per heavy atom. The molecule has 90 valence electrons. The van der Waals surface area contributed by atoms with E-state index >= 15 is 0 Å². The highest BCUT2D eigenvalue weighted by Gasteiger charge is 2.08. The van der Waals surface area contributed by atoms with Gasteiger partial charge < -0.3 is 10.5 Å². The molecule has 5 heteroatoms. The van der Waals surface area contributed by atoms with Gasteiger partial charge in [0.05, 0.1) is 17.3 Å². The van der Waals surface area contributed by atoms with Crippen LogP contribution in [-0.2, 0) is 0 Å². The van der Waals surface area contributed by atoms with Crippen molar-refractivity contribution in [2.75, 3.05) is 5.73 Å². The second-order valence-electron chi connectivity index (χ2n) is 3.54. The van der Waals surface area contributed by atoms with E-state index in [0.717, 1.165) is 0 Å². The molecule has 0 atom stereocenters. The van der Waals surface area contributed by atoms with Crippen molar-refractivity contribution in [3.05, 3.63) is 52.3 Å². The Morgan fingerprint density at radius 1 is 1.17 bits per heavy atom. The van der Waals surface area contributed by atoms with Crippen molar-refractivity contribution in [2.24, 2.45) is 0 Å². The standard InChI is InChI=1S/C13H8BrFN2O/c14-9-2-3-10(15)13(6-9)18-12-4-1-8(7-16)5-11(12)17/h1-6H,17H2. The molecular formula is C13H8BrFN2O. The predicted molar refractivity (Wildman–Crippen MR) is 69.7 cm³/mol. The van der Waals surface area contributed by atoms with Crippen LogP contribution in [0.5, 0.6) is 11.5 Å². The topological polar surface area (TPSA) is 59.0 Å². The number of nitrogen functional groups attached to an aromatic ring is 1. The Kier molecular flexibility index (Phi) is 3.49. The van der Waals surface area contributed by atoms with Gasteiger partial charge >= 0.3 is 0 Å². The summed E-state index contributed by atoms with van der Waals surface area (Å²) < 4.78 is 19.6. The minimum atomic E-state index is -0.484. The van der Waals surface area contributed by atoms with E-state index in [1.807, 2.05) is 6.07 Å². The molecule has 0 unspecified atom stereocenters. The maximum atomic E-state index is 13.5. The van der Waals surface area contributed by atoms with Crippen LogP contribution in [0, 0.1) is 17.1 Å². The van der Waals surface area contributed by atoms with Crippen molar-refractivity contribution >= 4 is 21.6 Å². The fourth-order valence-corrected chi connectivity index (χ4v) is 1.72. The number of ether oxygens (including phenoxy) is 1. The van der Waals surface area contributed by atoms with Crippen molar-refractivity contribution in [1.82, 2.24) is 0 Å². The molecule has 0 bridgehead atoms. The summed E-state index contributed by atoms with van der Waals surface area (Å²) in [6.07, 6.45) is 0. The Hall–Kier alpha value is -2.06. The Labute approximate surface area is 112 Å². The van der Waals surface area contributed by atoms with Gasteiger partial charge in [-0.2, -0.15) is 5.26 Å². The lowest BCUT2D eigenvalue weighted by Gasteiger charge is -2.09. The van der Waals surface area contributed by atoms with Crippen LogP contribution in [-0.4, -0.2) is 0 Å². The number of rotatable bonds is 2. The highest BCUT2D eigenvalue weighted by atomic mass is 79.9. The van der Waals surface area contributed by atoms with Crippen molar-refractivity contribution < 1.29 is 9.13 Å². The van der Waals surface area contributed by atoms with E-state index < -0.39 is 5.82 Å². The minimum absolute atomic E-state index is 0.0702. The predicted octanol–water partition coefficient (Wildman–Crippen LogP) is 3.83. The van der Waals surface area contributed by atoms with Crippen LogP contribution in [0.4, 0.5) is 10.1 Å². The molecule has 18 heavy (non-hydrogen) atoms. The highest BCUT2D eigenvalue weighted by Crippen LogP contribution is 2.31. The van der Waals surface area contributed by atoms with Crippen LogP contribution in [0.15, 0.2) is 40.9 Å². The number of nitrogens with two attached hydrogens (primary N) is 1. The third kappa shape index (κ3) is 2.60. The number of benzene rings is 2. The van der Waals surface area contributed by atoms with Crippen LogP contribution in [0.1, 0.15) is 5.56 Å². The number of anilines is 1. The van der Waals surface area contributed by atoms with Gasteiger partial charge in [0.15, 0.2) is 17.3 Å². The number of hydrogen-bond donors (Lipinski definition) is 1. The molecule has 2 N–H and O–H groups in total. The number of nitrogens with zero attached hydrogens (tertiary/aromatic N) is 1. The summed E-state index contributed by atoms with van der Waals surface area (Å²) >= 11 is 3.23. The molecule has 3 nitrogen and oxygen atoms in total. The molecule has 0 aromatic heterocycles. The first-order valence-electron chi connectivity index (χ1n) is 5.02. The maximum absolute atomic E-state index is 13.5. The van der Waals surface area contributed by atoms with Gasteiger partial charge in [0.25, 0.3) is 0 Å². The largest absolute Gasteiger partial charge is 0.452 e. The third-order valence-electron chi connectivity index (χ3n) is 2.25. The second-order valence-corrected chi connectivity index (χ2v) is 4.46. The van der Waals surface area contributed by atoms with Gasteiger partial charge in [-0.25, -0.2) is 4.39 Å². The first-order chi connectivity index (χ1) is 8.60. The molecule has 0 saturated heterocycles. The number of hydrogen-bond acceptors (Lipinski definition) is 3. The lowest BCUT2D eigenvalue weighted by Crippen LogP contribution is -1.94. The zero-order valence-corrected chi connectivity index (χ0v) is 10.7. The van der Waals surface area contributed by atoms with E-state index in [-0.39, 0.29) is 11.4 Å². The minimum Gasteiger partial charge on any atom is -0.452 e. The first kappa shape index (κ1) is 12.4. The molecule has 2 aromatic rings. The van der Waals surface area contributed by atoms with Crippen LogP contribution in [0.25, 0.3) is 0 Å². The van der Waals surface area contributed by atoms with Gasteiger partial charge in [0, 0.05) is 4.47 Å². The van der Waals surface area contributed by atoms with E-state index in [1.54, 1.807) is 12.1 Å². The highest BCUT2D eigenvalue weighted by molar-refractivity contribution is 9.10. The summed E-state index contributed by atoms with van der Waals surface area (Å²) in [7, 11) is 0. The molecule has 0 aliphatic heterocycles. The van der Waals surface area contributed by atoms with Crippen molar-refractivity contribution in [2.45, 2.75) is 0 Å². The summed E-state index contributed by atoms with van der Waals surface area (Å²) in [5.74, 6) is -0.103. The summed E-state index contributed by atoms with van der Waals surface area (Å²) in [6, 6.07) is 10.9. The number of nitriles is 1. The van der Waals surface area contributed by atoms with Crippen molar-refractivity contribution in [3.63, 3.8) is 0 Å². The van der Waals surface area contributed by atoms with E-state index in [4.69, 9.17) is 15.7 Å². The smallest absolute Gasteiger partial charge is 0.165 e. The van der Waals surface area contributed by atoms with Gasteiger partial charge in [0.1, 0.15) is 0 Å². The molecule has 0 fully saturated rings. The van der Waals surface area contributed by atoms with E-state index in [0.29, 0.717) is 15.8 Å². The molecule has 0 saturated carbocycles. The first-order valence-corrected chi connectivity index (χ1v) is 5.82. The average Bonchev–Trinajstić information content (AvgIpc) is 2.36. The van der Waals surface area contributed by atoms with Gasteiger partial charge in [-0.3, -0.25) is 0 Å². The second kappa shape index (κ2) is 5.07. The fourth-order valence-electron chi connectivity index (χ4n) is 1.38. The summed E-state index contributed by atoms with van der Waals surface area (Å²) in [5, 5.41) is 8.71. The molecule has 0 amide bonds. The van der Waals surface area contributed by atoms with Gasteiger partial charge in [0.2, 0.25) is 0 Å². The zero-order valence-electron chi connectivity index (χ0n) is 9.15. The fraction of sp³-hybridized carbons (Fsp3) is 0. The average molecular weight is 307 g/mol. The lowest BCUT2D eigenvalue weighted by molar-refractivity contribution is 0.443. The van der Waals surface area contributed by atoms with Crippen molar-refractivity contribution in [3.8, 4) is 17.6 Å².